The van der Waals surface area contributed by atoms with Crippen molar-refractivity contribution < 1.29 is 5.11 Å². The highest BCUT2D eigenvalue weighted by Gasteiger charge is 2.41. The first-order valence-electron chi connectivity index (χ1n) is 6.12. The lowest BCUT2D eigenvalue weighted by Crippen LogP contribution is -2.62. The Labute approximate surface area is 100 Å². The fourth-order valence-corrected chi connectivity index (χ4v) is 2.53. The summed E-state index contributed by atoms with van der Waals surface area (Å²) in [6, 6.07) is 7.99. The van der Waals surface area contributed by atoms with Crippen molar-refractivity contribution >= 4 is 17.0 Å². The van der Waals surface area contributed by atoms with Gasteiger partial charge in [0.1, 0.15) is 0 Å². The number of β-amino-alcohol motifs (C(OH)–C–C–N with tert-alkyl or cyclic N) is 1. The minimum atomic E-state index is -0.506. The molecule has 90 valence electrons. The molecule has 2 heterocycles. The first-order chi connectivity index (χ1) is 8.20. The maximum atomic E-state index is 10.1. The van der Waals surface area contributed by atoms with Crippen LogP contribution in [0.5, 0.6) is 0 Å². The van der Waals surface area contributed by atoms with E-state index in [1.807, 2.05) is 24.3 Å². The van der Waals surface area contributed by atoms with Gasteiger partial charge in [0.15, 0.2) is 0 Å². The predicted molar refractivity (Wildman–Crippen MR) is 68.2 cm³/mol. The lowest BCUT2D eigenvalue weighted by molar-refractivity contribution is 0.00257. The third kappa shape index (κ3) is 1.78. The molecule has 1 aliphatic heterocycles. The van der Waals surface area contributed by atoms with Gasteiger partial charge in [0.05, 0.1) is 29.7 Å². The molecule has 0 amide bonds. The van der Waals surface area contributed by atoms with E-state index in [1.54, 1.807) is 0 Å². The second-order valence-corrected chi connectivity index (χ2v) is 4.91. The number of H-pyrrole nitrogens is 1. The van der Waals surface area contributed by atoms with E-state index in [0.29, 0.717) is 13.1 Å². The predicted octanol–water partition coefficient (Wildman–Crippen LogP) is 1.91. The lowest BCUT2D eigenvalue weighted by Gasteiger charge is -2.46. The van der Waals surface area contributed by atoms with Gasteiger partial charge in [-0.2, -0.15) is 0 Å². The molecule has 0 saturated carbocycles. The fourth-order valence-electron chi connectivity index (χ4n) is 2.53. The van der Waals surface area contributed by atoms with Crippen LogP contribution >= 0.6 is 0 Å². The summed E-state index contributed by atoms with van der Waals surface area (Å²) in [5, 5.41) is 10.1. The molecule has 17 heavy (non-hydrogen) atoms. The summed E-state index contributed by atoms with van der Waals surface area (Å²) in [6.07, 6.45) is 1.88. The molecule has 0 aliphatic carbocycles. The molecule has 0 spiro atoms. The number of aliphatic hydroxyl groups is 1. The Kier molecular flexibility index (Phi) is 2.33. The molecule has 2 N–H and O–H groups in total. The van der Waals surface area contributed by atoms with Crippen LogP contribution in [-0.2, 0) is 0 Å². The van der Waals surface area contributed by atoms with E-state index in [-0.39, 0.29) is 0 Å². The van der Waals surface area contributed by atoms with Crippen LogP contribution in [0.1, 0.15) is 19.8 Å². The number of hydrogen-bond donors (Lipinski definition) is 2. The highest BCUT2D eigenvalue weighted by molar-refractivity contribution is 5.77. The summed E-state index contributed by atoms with van der Waals surface area (Å²) in [4.78, 5) is 9.89. The van der Waals surface area contributed by atoms with Gasteiger partial charge in [0.25, 0.3) is 0 Å². The van der Waals surface area contributed by atoms with E-state index in [1.165, 1.54) is 0 Å². The molecule has 3 rings (SSSR count). The SMILES string of the molecule is CCCC1(O)CN(c2nc3ccccc3[nH]2)C1. The van der Waals surface area contributed by atoms with Gasteiger partial charge in [-0.1, -0.05) is 25.5 Å². The maximum Gasteiger partial charge on any atom is 0.204 e. The van der Waals surface area contributed by atoms with Gasteiger partial charge in [-0.15, -0.1) is 0 Å². The van der Waals surface area contributed by atoms with Gasteiger partial charge in [-0.05, 0) is 18.6 Å². The summed E-state index contributed by atoms with van der Waals surface area (Å²) in [5.74, 6) is 0.868. The zero-order valence-electron chi connectivity index (χ0n) is 9.98. The minimum Gasteiger partial charge on any atom is -0.386 e. The fraction of sp³-hybridized carbons (Fsp3) is 0.462. The van der Waals surface area contributed by atoms with E-state index in [9.17, 15) is 5.11 Å². The summed E-state index contributed by atoms with van der Waals surface area (Å²) in [5.41, 5.74) is 1.52. The largest absolute Gasteiger partial charge is 0.386 e. The third-order valence-corrected chi connectivity index (χ3v) is 3.36. The zero-order chi connectivity index (χ0) is 11.9. The molecule has 0 radical (unpaired) electrons. The Hall–Kier alpha value is -1.55. The number of fused-ring (bicyclic) bond motifs is 1. The molecule has 1 fully saturated rings. The number of rotatable bonds is 3. The van der Waals surface area contributed by atoms with Crippen molar-refractivity contribution in [2.24, 2.45) is 0 Å². The number of anilines is 1. The van der Waals surface area contributed by atoms with Crippen molar-refractivity contribution in [2.75, 3.05) is 18.0 Å². The second-order valence-electron chi connectivity index (χ2n) is 4.91. The monoisotopic (exact) mass is 231 g/mol. The Morgan fingerprint density at radius 2 is 2.18 bits per heavy atom. The Morgan fingerprint density at radius 1 is 1.41 bits per heavy atom. The Bertz CT molecular complexity index is 495. The van der Waals surface area contributed by atoms with Gasteiger partial charge in [-0.25, -0.2) is 4.98 Å². The smallest absolute Gasteiger partial charge is 0.204 e. The van der Waals surface area contributed by atoms with Crippen LogP contribution in [0.25, 0.3) is 11.0 Å². The number of hydrogen-bond acceptors (Lipinski definition) is 3. The van der Waals surface area contributed by atoms with Crippen molar-refractivity contribution in [2.45, 2.75) is 25.4 Å². The molecule has 4 nitrogen and oxygen atoms in total. The van der Waals surface area contributed by atoms with Crippen molar-refractivity contribution in [3.63, 3.8) is 0 Å². The van der Waals surface area contributed by atoms with E-state index in [4.69, 9.17) is 0 Å². The summed E-state index contributed by atoms with van der Waals surface area (Å²) in [6.45, 7) is 3.46. The average molecular weight is 231 g/mol. The van der Waals surface area contributed by atoms with Gasteiger partial charge in [-0.3, -0.25) is 0 Å². The lowest BCUT2D eigenvalue weighted by atomic mass is 9.90. The normalized spacial score (nSPS) is 18.4. The molecule has 1 aliphatic rings. The first-order valence-corrected chi connectivity index (χ1v) is 6.12. The minimum absolute atomic E-state index is 0.506. The average Bonchev–Trinajstić information content (AvgIpc) is 2.69. The highest BCUT2D eigenvalue weighted by atomic mass is 16.3. The number of aromatic amines is 1. The van der Waals surface area contributed by atoms with E-state index in [0.717, 1.165) is 29.8 Å². The summed E-state index contributed by atoms with van der Waals surface area (Å²) >= 11 is 0. The summed E-state index contributed by atoms with van der Waals surface area (Å²) < 4.78 is 0. The van der Waals surface area contributed by atoms with Crippen molar-refractivity contribution in [3.05, 3.63) is 24.3 Å². The molecule has 1 aromatic carbocycles. The van der Waals surface area contributed by atoms with E-state index in [2.05, 4.69) is 21.8 Å². The number of benzene rings is 1. The van der Waals surface area contributed by atoms with Crippen molar-refractivity contribution in [3.8, 4) is 0 Å². The standard InChI is InChI=1S/C13H17N3O/c1-2-7-13(17)8-16(9-13)12-14-10-5-3-4-6-11(10)15-12/h3-6,17H,2,7-9H2,1H3,(H,14,15). The molecule has 1 aromatic heterocycles. The van der Waals surface area contributed by atoms with E-state index >= 15 is 0 Å². The van der Waals surface area contributed by atoms with Crippen LogP contribution in [0.15, 0.2) is 24.3 Å². The quantitative estimate of drug-likeness (QED) is 0.848. The topological polar surface area (TPSA) is 52.1 Å². The third-order valence-electron chi connectivity index (χ3n) is 3.36. The molecule has 1 saturated heterocycles. The summed E-state index contributed by atoms with van der Waals surface area (Å²) in [7, 11) is 0. The van der Waals surface area contributed by atoms with Crippen LogP contribution < -0.4 is 4.90 Å². The van der Waals surface area contributed by atoms with Crippen molar-refractivity contribution in [1.29, 1.82) is 0 Å². The number of nitrogens with zero attached hydrogens (tertiary/aromatic N) is 2. The van der Waals surface area contributed by atoms with Gasteiger partial charge < -0.3 is 15.0 Å². The van der Waals surface area contributed by atoms with Crippen LogP contribution in [0.2, 0.25) is 0 Å². The molecular weight excluding hydrogens is 214 g/mol. The van der Waals surface area contributed by atoms with Gasteiger partial charge in [0.2, 0.25) is 5.95 Å². The molecule has 0 atom stereocenters. The molecular formula is C13H17N3O. The highest BCUT2D eigenvalue weighted by Crippen LogP contribution is 2.30. The molecule has 2 aromatic rings. The van der Waals surface area contributed by atoms with Crippen molar-refractivity contribution in [1.82, 2.24) is 9.97 Å². The zero-order valence-corrected chi connectivity index (χ0v) is 9.98. The number of imidazole rings is 1. The maximum absolute atomic E-state index is 10.1. The number of nitrogens with one attached hydrogen (secondary N) is 1. The number of aromatic nitrogens is 2. The van der Waals surface area contributed by atoms with Crippen LogP contribution in [0.3, 0.4) is 0 Å². The number of para-hydroxylation sites is 2. The van der Waals surface area contributed by atoms with E-state index < -0.39 is 5.60 Å². The van der Waals surface area contributed by atoms with Gasteiger partial charge in [0, 0.05) is 0 Å². The first kappa shape index (κ1) is 10.6. The van der Waals surface area contributed by atoms with Gasteiger partial charge >= 0.3 is 0 Å². The molecule has 0 bridgehead atoms. The Balaban J connectivity index is 1.78. The second kappa shape index (κ2) is 3.74. The molecule has 0 unspecified atom stereocenters. The Morgan fingerprint density at radius 3 is 2.88 bits per heavy atom. The van der Waals surface area contributed by atoms with Crippen LogP contribution in [0.4, 0.5) is 5.95 Å². The van der Waals surface area contributed by atoms with Crippen LogP contribution in [0, 0.1) is 0 Å². The van der Waals surface area contributed by atoms with Crippen LogP contribution in [-0.4, -0.2) is 33.8 Å². The molecule has 4 heteroatoms.